The van der Waals surface area contributed by atoms with Gasteiger partial charge >= 0.3 is 17.9 Å². The van der Waals surface area contributed by atoms with Crippen molar-refractivity contribution < 1.29 is 28.6 Å². The van der Waals surface area contributed by atoms with Gasteiger partial charge in [-0.25, -0.2) is 0 Å². The Morgan fingerprint density at radius 3 is 1.14 bits per heavy atom. The number of carbonyl (C=O) groups is 3. The number of unbranched alkanes of at least 4 members (excludes halogenated alkanes) is 10. The molecule has 0 saturated carbocycles. The molecule has 0 aromatic carbocycles. The van der Waals surface area contributed by atoms with Gasteiger partial charge in [-0.1, -0.05) is 217 Å². The van der Waals surface area contributed by atoms with Crippen LogP contribution >= 0.6 is 0 Å². The maximum Gasteiger partial charge on any atom is 0.306 e. The Morgan fingerprint density at radius 1 is 0.328 bits per heavy atom. The van der Waals surface area contributed by atoms with Gasteiger partial charge in [0.2, 0.25) is 0 Å². The number of ether oxygens (including phenoxy) is 3. The first-order valence-corrected chi connectivity index (χ1v) is 24.6. The van der Waals surface area contributed by atoms with Gasteiger partial charge in [-0.2, -0.15) is 0 Å². The lowest BCUT2D eigenvalue weighted by molar-refractivity contribution is -0.166. The Labute approximate surface area is 390 Å². The van der Waals surface area contributed by atoms with Crippen LogP contribution in [-0.2, 0) is 28.6 Å². The molecule has 0 radical (unpaired) electrons. The number of hydrogen-bond acceptors (Lipinski definition) is 6. The molecule has 0 bridgehead atoms. The van der Waals surface area contributed by atoms with Crippen LogP contribution in [0.15, 0.2) is 158 Å². The zero-order valence-electron chi connectivity index (χ0n) is 40.2. The van der Waals surface area contributed by atoms with Gasteiger partial charge in [-0.3, -0.25) is 14.4 Å². The Kier molecular flexibility index (Phi) is 46.7. The third kappa shape index (κ3) is 48.1. The van der Waals surface area contributed by atoms with Crippen LogP contribution in [-0.4, -0.2) is 37.2 Å². The van der Waals surface area contributed by atoms with E-state index >= 15 is 0 Å². The highest BCUT2D eigenvalue weighted by molar-refractivity contribution is 5.71. The fourth-order valence-corrected chi connectivity index (χ4v) is 5.86. The highest BCUT2D eigenvalue weighted by atomic mass is 16.6. The summed E-state index contributed by atoms with van der Waals surface area (Å²) in [4.78, 5) is 37.9. The summed E-state index contributed by atoms with van der Waals surface area (Å²) in [5.41, 5.74) is 0. The van der Waals surface area contributed by atoms with E-state index in [-0.39, 0.29) is 44.0 Å². The monoisotopic (exact) mass is 879 g/mol. The Balaban J connectivity index is 4.64. The Morgan fingerprint density at radius 2 is 0.672 bits per heavy atom. The lowest BCUT2D eigenvalue weighted by Crippen LogP contribution is -2.30. The maximum absolute atomic E-state index is 12.8. The van der Waals surface area contributed by atoms with Crippen LogP contribution in [0.1, 0.15) is 168 Å². The van der Waals surface area contributed by atoms with E-state index in [1.54, 1.807) is 0 Å². The minimum atomic E-state index is -0.843. The molecule has 0 aromatic rings. The molecular formula is C58H86O6. The molecule has 354 valence electrons. The fourth-order valence-electron chi connectivity index (χ4n) is 5.86. The van der Waals surface area contributed by atoms with E-state index in [4.69, 9.17) is 14.2 Å². The standard InChI is InChI=1S/C58H86O6/c1-4-7-10-13-16-19-22-25-28-31-33-36-39-42-45-48-51-57(60)63-54-55(64-58(61)52-49-46-43-40-37-34-30-27-24-21-18-15-12-9-6-3)53-62-56(59)50-47-44-41-38-35-32-29-26-23-20-17-14-11-8-5-2/h7-12,14-21,23-25,27-28,30,33-34,36-37,42,45,55H,4-6,13,22,26,29,31-32,35,38-41,43-44,46-54H2,1-3H3/b10-7-,11-8-,12-9-,17-14-,18-15-,19-16-,23-20-,24-21-,28-25-,30-27-,36-33-,37-34-,45-42-. The summed E-state index contributed by atoms with van der Waals surface area (Å²) >= 11 is 0. The minimum absolute atomic E-state index is 0.133. The SMILES string of the molecule is CC\C=C/C=C\C=C/C=C\C=C/CCCCCC(=O)OC(COC(=O)CC/C=C\C/C=C\C/C=C\C/C=C\C/C=C\CC)COC(=O)CCCCCCCCC\C=C/C=C\C=C/CC. The van der Waals surface area contributed by atoms with Crippen molar-refractivity contribution in [3.8, 4) is 0 Å². The Bertz CT molecular complexity index is 1520. The lowest BCUT2D eigenvalue weighted by Gasteiger charge is -2.18. The second-order valence-corrected chi connectivity index (χ2v) is 15.4. The van der Waals surface area contributed by atoms with Crippen molar-refractivity contribution in [1.82, 2.24) is 0 Å². The molecule has 0 aliphatic rings. The van der Waals surface area contributed by atoms with Crippen LogP contribution in [0.2, 0.25) is 0 Å². The molecule has 0 N–H and O–H groups in total. The molecule has 0 saturated heterocycles. The van der Waals surface area contributed by atoms with Crippen molar-refractivity contribution in [1.29, 1.82) is 0 Å². The molecule has 1 atom stereocenters. The molecule has 0 aromatic heterocycles. The maximum atomic E-state index is 12.8. The van der Waals surface area contributed by atoms with Crippen molar-refractivity contribution in [3.05, 3.63) is 158 Å². The summed E-state index contributed by atoms with van der Waals surface area (Å²) in [6.45, 7) is 6.10. The summed E-state index contributed by atoms with van der Waals surface area (Å²) in [5.74, 6) is -1.09. The van der Waals surface area contributed by atoms with Crippen LogP contribution < -0.4 is 0 Å². The van der Waals surface area contributed by atoms with Gasteiger partial charge in [0.25, 0.3) is 0 Å². The van der Waals surface area contributed by atoms with Gasteiger partial charge in [0.1, 0.15) is 13.2 Å². The number of esters is 3. The number of hydrogen-bond donors (Lipinski definition) is 0. The quantitative estimate of drug-likeness (QED) is 0.0200. The van der Waals surface area contributed by atoms with Gasteiger partial charge in [-0.05, 0) is 89.9 Å². The van der Waals surface area contributed by atoms with Gasteiger partial charge in [0.05, 0.1) is 0 Å². The predicted octanol–water partition coefficient (Wildman–Crippen LogP) is 16.2. The van der Waals surface area contributed by atoms with E-state index in [1.165, 1.54) is 19.3 Å². The van der Waals surface area contributed by atoms with Gasteiger partial charge in [-0.15, -0.1) is 0 Å². The first kappa shape index (κ1) is 59.0. The summed E-state index contributed by atoms with van der Waals surface area (Å²) in [6, 6.07) is 0. The second-order valence-electron chi connectivity index (χ2n) is 15.4. The van der Waals surface area contributed by atoms with E-state index in [1.807, 2.05) is 60.8 Å². The fraction of sp³-hybridized carbons (Fsp3) is 0.500. The molecule has 0 amide bonds. The molecule has 0 rings (SSSR count). The summed E-state index contributed by atoms with van der Waals surface area (Å²) in [6.07, 6.45) is 73.8. The van der Waals surface area contributed by atoms with Crippen LogP contribution in [0.5, 0.6) is 0 Å². The molecule has 0 aliphatic heterocycles. The number of allylic oxidation sites excluding steroid dienone is 26. The van der Waals surface area contributed by atoms with Gasteiger partial charge < -0.3 is 14.2 Å². The van der Waals surface area contributed by atoms with E-state index in [2.05, 4.69) is 118 Å². The zero-order chi connectivity index (χ0) is 46.5. The van der Waals surface area contributed by atoms with E-state index < -0.39 is 6.10 Å². The average molecular weight is 879 g/mol. The van der Waals surface area contributed by atoms with Gasteiger partial charge in [0.15, 0.2) is 6.10 Å². The molecule has 1 unspecified atom stereocenters. The lowest BCUT2D eigenvalue weighted by atomic mass is 10.1. The summed E-state index contributed by atoms with van der Waals surface area (Å²) in [5, 5.41) is 0. The molecular weight excluding hydrogens is 793 g/mol. The molecule has 0 fully saturated rings. The normalized spacial score (nSPS) is 13.5. The highest BCUT2D eigenvalue weighted by Gasteiger charge is 2.19. The molecule has 0 spiro atoms. The van der Waals surface area contributed by atoms with Crippen LogP contribution in [0.25, 0.3) is 0 Å². The van der Waals surface area contributed by atoms with Crippen LogP contribution in [0, 0.1) is 0 Å². The molecule has 0 heterocycles. The molecule has 6 heteroatoms. The van der Waals surface area contributed by atoms with Crippen molar-refractivity contribution in [2.45, 2.75) is 175 Å². The zero-order valence-corrected chi connectivity index (χ0v) is 40.2. The van der Waals surface area contributed by atoms with Crippen molar-refractivity contribution in [3.63, 3.8) is 0 Å². The van der Waals surface area contributed by atoms with Gasteiger partial charge in [0, 0.05) is 19.3 Å². The summed E-state index contributed by atoms with van der Waals surface area (Å²) < 4.78 is 16.7. The van der Waals surface area contributed by atoms with Crippen molar-refractivity contribution >= 4 is 17.9 Å². The topological polar surface area (TPSA) is 78.9 Å². The van der Waals surface area contributed by atoms with E-state index in [9.17, 15) is 14.4 Å². The number of carbonyl (C=O) groups excluding carboxylic acids is 3. The third-order valence-corrected chi connectivity index (χ3v) is 9.46. The molecule has 0 aliphatic carbocycles. The van der Waals surface area contributed by atoms with E-state index in [0.29, 0.717) is 19.3 Å². The largest absolute Gasteiger partial charge is 0.462 e. The van der Waals surface area contributed by atoms with Crippen LogP contribution in [0.4, 0.5) is 0 Å². The van der Waals surface area contributed by atoms with Crippen molar-refractivity contribution in [2.24, 2.45) is 0 Å². The Hall–Kier alpha value is -4.97. The minimum Gasteiger partial charge on any atom is -0.462 e. The average Bonchev–Trinajstić information content (AvgIpc) is 3.29. The van der Waals surface area contributed by atoms with E-state index in [0.717, 1.165) is 96.3 Å². The van der Waals surface area contributed by atoms with Crippen molar-refractivity contribution in [2.75, 3.05) is 13.2 Å². The predicted molar refractivity (Wildman–Crippen MR) is 274 cm³/mol. The third-order valence-electron chi connectivity index (χ3n) is 9.46. The second kappa shape index (κ2) is 50.7. The smallest absolute Gasteiger partial charge is 0.306 e. The number of rotatable bonds is 41. The first-order valence-electron chi connectivity index (χ1n) is 24.6. The van der Waals surface area contributed by atoms with Crippen LogP contribution in [0.3, 0.4) is 0 Å². The first-order chi connectivity index (χ1) is 31.5. The molecule has 64 heavy (non-hydrogen) atoms. The summed E-state index contributed by atoms with van der Waals surface area (Å²) in [7, 11) is 0. The highest BCUT2D eigenvalue weighted by Crippen LogP contribution is 2.12. The molecule has 6 nitrogen and oxygen atoms in total.